The lowest BCUT2D eigenvalue weighted by Gasteiger charge is -2.20. The second-order valence-electron chi connectivity index (χ2n) is 2.94. The third-order valence-corrected chi connectivity index (χ3v) is 2.28. The van der Waals surface area contributed by atoms with Gasteiger partial charge < -0.3 is 5.32 Å². The van der Waals surface area contributed by atoms with E-state index in [1.165, 1.54) is 11.1 Å². The Labute approximate surface area is 77.0 Å². The predicted octanol–water partition coefficient (Wildman–Crippen LogP) is 3.08. The molecule has 0 radical (unpaired) electrons. The van der Waals surface area contributed by atoms with E-state index in [1.54, 1.807) is 0 Å². The average Bonchev–Trinajstić information content (AvgIpc) is 2.04. The molecule has 0 unspecified atom stereocenters. The summed E-state index contributed by atoms with van der Waals surface area (Å²) in [4.78, 5) is 0. The Hall–Kier alpha value is -0.950. The van der Waals surface area contributed by atoms with Gasteiger partial charge in [0.15, 0.2) is 0 Å². The molecule has 0 aliphatic carbocycles. The molecule has 1 N–H and O–H groups in total. The number of hydrogen-bond donors (Lipinski definition) is 1. The molecular weight excluding hydrogens is 170 g/mol. The molecule has 1 aliphatic heterocycles. The zero-order valence-corrected chi connectivity index (χ0v) is 7.60. The van der Waals surface area contributed by atoms with Crippen LogP contribution in [0.3, 0.4) is 0 Å². The molecule has 0 amide bonds. The highest BCUT2D eigenvalue weighted by Gasteiger charge is 2.12. The number of para-hydroxylation sites is 1. The molecule has 1 nitrogen and oxygen atoms in total. The lowest BCUT2D eigenvalue weighted by molar-refractivity contribution is 1.20. The van der Waals surface area contributed by atoms with Crippen LogP contribution in [0.25, 0.3) is 5.57 Å². The second-order valence-corrected chi connectivity index (χ2v) is 3.41. The molecule has 0 saturated heterocycles. The maximum atomic E-state index is 5.95. The summed E-state index contributed by atoms with van der Waals surface area (Å²) >= 11 is 5.95. The Balaban J connectivity index is 2.53. The highest BCUT2D eigenvalue weighted by Crippen LogP contribution is 2.29. The van der Waals surface area contributed by atoms with Crippen molar-refractivity contribution in [3.63, 3.8) is 0 Å². The molecule has 0 aromatic heterocycles. The molecule has 2 heteroatoms. The van der Waals surface area contributed by atoms with Crippen LogP contribution in [-0.2, 0) is 0 Å². The van der Waals surface area contributed by atoms with Crippen LogP contribution in [0.5, 0.6) is 0 Å². The van der Waals surface area contributed by atoms with Crippen molar-refractivity contribution in [2.75, 3.05) is 5.32 Å². The third kappa shape index (κ3) is 1.21. The van der Waals surface area contributed by atoms with Crippen molar-refractivity contribution in [3.8, 4) is 0 Å². The van der Waals surface area contributed by atoms with E-state index < -0.39 is 0 Å². The van der Waals surface area contributed by atoms with Crippen LogP contribution in [0, 0.1) is 0 Å². The van der Waals surface area contributed by atoms with Gasteiger partial charge >= 0.3 is 0 Å². The monoisotopic (exact) mass is 179 g/mol. The molecule has 1 aliphatic rings. The van der Waals surface area contributed by atoms with Crippen LogP contribution < -0.4 is 5.32 Å². The van der Waals surface area contributed by atoms with Crippen molar-refractivity contribution in [1.82, 2.24) is 0 Å². The maximum Gasteiger partial charge on any atom is 0.121 e. The van der Waals surface area contributed by atoms with Gasteiger partial charge in [0.25, 0.3) is 0 Å². The Morgan fingerprint density at radius 3 is 2.92 bits per heavy atom. The van der Waals surface area contributed by atoms with Crippen molar-refractivity contribution in [1.29, 1.82) is 0 Å². The van der Waals surface area contributed by atoms with Crippen LogP contribution in [0.2, 0.25) is 0 Å². The van der Waals surface area contributed by atoms with Crippen molar-refractivity contribution in [2.24, 2.45) is 0 Å². The van der Waals surface area contributed by atoms with Gasteiger partial charge in [-0.15, -0.1) is 0 Å². The highest BCUT2D eigenvalue weighted by atomic mass is 35.5. The number of fused-ring (bicyclic) bond motifs is 1. The van der Waals surface area contributed by atoms with Crippen LogP contribution in [0.15, 0.2) is 30.3 Å². The van der Waals surface area contributed by atoms with E-state index in [0.717, 1.165) is 5.69 Å². The van der Waals surface area contributed by atoms with E-state index in [1.807, 2.05) is 24.3 Å². The van der Waals surface area contributed by atoms with Gasteiger partial charge in [-0.25, -0.2) is 0 Å². The zero-order chi connectivity index (χ0) is 8.55. The first-order valence-electron chi connectivity index (χ1n) is 3.96. The van der Waals surface area contributed by atoms with Crippen LogP contribution in [-0.4, -0.2) is 5.50 Å². The summed E-state index contributed by atoms with van der Waals surface area (Å²) in [5.41, 5.74) is 3.54. The molecule has 0 saturated carbocycles. The fourth-order valence-electron chi connectivity index (χ4n) is 1.45. The number of allylic oxidation sites excluding steroid dienone is 1. The van der Waals surface area contributed by atoms with E-state index in [2.05, 4.69) is 18.3 Å². The smallest absolute Gasteiger partial charge is 0.121 e. The van der Waals surface area contributed by atoms with E-state index >= 15 is 0 Å². The molecule has 1 heterocycles. The number of halogens is 1. The molecule has 62 valence electrons. The largest absolute Gasteiger partial charge is 0.366 e. The maximum absolute atomic E-state index is 5.95. The second kappa shape index (κ2) is 2.83. The van der Waals surface area contributed by atoms with E-state index in [9.17, 15) is 0 Å². The Kier molecular flexibility index (Phi) is 1.81. The summed E-state index contributed by atoms with van der Waals surface area (Å²) < 4.78 is 0. The lowest BCUT2D eigenvalue weighted by Crippen LogP contribution is -2.14. The van der Waals surface area contributed by atoms with E-state index in [-0.39, 0.29) is 5.50 Å². The van der Waals surface area contributed by atoms with Gasteiger partial charge in [-0.1, -0.05) is 29.8 Å². The zero-order valence-electron chi connectivity index (χ0n) is 6.84. The number of nitrogens with one attached hydrogen (secondary N) is 1. The molecular formula is C10H10ClN. The van der Waals surface area contributed by atoms with Crippen LogP contribution in [0.1, 0.15) is 12.5 Å². The first kappa shape index (κ1) is 7.69. The predicted molar refractivity (Wildman–Crippen MR) is 53.4 cm³/mol. The minimum atomic E-state index is -0.0695. The van der Waals surface area contributed by atoms with E-state index in [4.69, 9.17) is 11.6 Å². The van der Waals surface area contributed by atoms with Gasteiger partial charge in [0.2, 0.25) is 0 Å². The van der Waals surface area contributed by atoms with Gasteiger partial charge in [0.1, 0.15) is 5.50 Å². The Morgan fingerprint density at radius 2 is 2.08 bits per heavy atom. The fourth-order valence-corrected chi connectivity index (χ4v) is 1.76. The van der Waals surface area contributed by atoms with Crippen molar-refractivity contribution in [2.45, 2.75) is 12.4 Å². The summed E-state index contributed by atoms with van der Waals surface area (Å²) in [6.45, 7) is 2.08. The standard InChI is InChI=1S/C10H10ClN/c1-7-6-10(11)12-9-5-3-2-4-8(7)9/h2-6,10,12H,1H3/t10-/m1/s1. The first-order valence-corrected chi connectivity index (χ1v) is 4.39. The minimum Gasteiger partial charge on any atom is -0.366 e. The lowest BCUT2D eigenvalue weighted by atomic mass is 10.0. The van der Waals surface area contributed by atoms with Gasteiger partial charge in [0.05, 0.1) is 0 Å². The van der Waals surface area contributed by atoms with Crippen molar-refractivity contribution in [3.05, 3.63) is 35.9 Å². The first-order chi connectivity index (χ1) is 5.77. The fraction of sp³-hybridized carbons (Fsp3) is 0.200. The molecule has 12 heavy (non-hydrogen) atoms. The van der Waals surface area contributed by atoms with Crippen LogP contribution in [0.4, 0.5) is 5.69 Å². The summed E-state index contributed by atoms with van der Waals surface area (Å²) in [6.07, 6.45) is 2.02. The van der Waals surface area contributed by atoms with Gasteiger partial charge in [0, 0.05) is 11.3 Å². The number of benzene rings is 1. The topological polar surface area (TPSA) is 12.0 Å². The quantitative estimate of drug-likeness (QED) is 0.477. The number of anilines is 1. The van der Waals surface area contributed by atoms with Crippen molar-refractivity contribution >= 4 is 22.9 Å². The summed E-state index contributed by atoms with van der Waals surface area (Å²) in [5, 5.41) is 3.18. The van der Waals surface area contributed by atoms with Gasteiger partial charge in [-0.05, 0) is 24.6 Å². The molecule has 0 spiro atoms. The molecule has 0 fully saturated rings. The SMILES string of the molecule is CC1=C[C@H](Cl)Nc2ccccc21. The molecule has 1 aromatic carbocycles. The summed E-state index contributed by atoms with van der Waals surface area (Å²) in [6, 6.07) is 8.18. The third-order valence-electron chi connectivity index (χ3n) is 2.04. The minimum absolute atomic E-state index is 0.0695. The van der Waals surface area contributed by atoms with E-state index in [0.29, 0.717) is 0 Å². The summed E-state index contributed by atoms with van der Waals surface area (Å²) in [7, 11) is 0. The Bertz CT molecular complexity index is 330. The molecule has 1 atom stereocenters. The Morgan fingerprint density at radius 1 is 1.33 bits per heavy atom. The van der Waals surface area contributed by atoms with Gasteiger partial charge in [-0.3, -0.25) is 0 Å². The molecule has 1 aromatic rings. The summed E-state index contributed by atoms with van der Waals surface area (Å²) in [5.74, 6) is 0. The van der Waals surface area contributed by atoms with Crippen LogP contribution >= 0.6 is 11.6 Å². The number of hydrogen-bond acceptors (Lipinski definition) is 1. The van der Waals surface area contributed by atoms with Crippen molar-refractivity contribution < 1.29 is 0 Å². The normalized spacial score (nSPS) is 20.8. The number of rotatable bonds is 0. The molecule has 0 bridgehead atoms. The number of alkyl halides is 1. The van der Waals surface area contributed by atoms with Gasteiger partial charge in [-0.2, -0.15) is 0 Å². The average molecular weight is 180 g/mol. The molecule has 2 rings (SSSR count). The highest BCUT2D eigenvalue weighted by molar-refractivity contribution is 6.23.